The quantitative estimate of drug-likeness (QED) is 0.521. The van der Waals surface area contributed by atoms with E-state index in [1.165, 1.54) is 10.4 Å². The SMILES string of the molecule is Cc1cc(N)c([N+](=O)[O-])cc1S(=O)(=O)N1CCC(C)(C)C1. The van der Waals surface area contributed by atoms with Crippen molar-refractivity contribution in [3.05, 3.63) is 27.8 Å². The fourth-order valence-electron chi connectivity index (χ4n) is 2.54. The highest BCUT2D eigenvalue weighted by molar-refractivity contribution is 7.89. The van der Waals surface area contributed by atoms with Gasteiger partial charge in [0, 0.05) is 19.2 Å². The highest BCUT2D eigenvalue weighted by Gasteiger charge is 2.38. The van der Waals surface area contributed by atoms with Gasteiger partial charge in [0.05, 0.1) is 9.82 Å². The molecule has 1 aromatic rings. The lowest BCUT2D eigenvalue weighted by atomic mass is 9.93. The number of nitrogens with two attached hydrogens (primary N) is 1. The average molecular weight is 313 g/mol. The lowest BCUT2D eigenvalue weighted by Crippen LogP contribution is -2.31. The first-order chi connectivity index (χ1) is 9.54. The second-order valence-electron chi connectivity index (χ2n) is 6.19. The maximum absolute atomic E-state index is 12.7. The minimum Gasteiger partial charge on any atom is -0.393 e. The summed E-state index contributed by atoms with van der Waals surface area (Å²) in [5.41, 5.74) is 5.51. The van der Waals surface area contributed by atoms with Gasteiger partial charge in [-0.2, -0.15) is 4.31 Å². The van der Waals surface area contributed by atoms with Crippen LogP contribution in [0.5, 0.6) is 0 Å². The van der Waals surface area contributed by atoms with Crippen LogP contribution in [0, 0.1) is 22.5 Å². The van der Waals surface area contributed by atoms with Crippen LogP contribution in [-0.4, -0.2) is 30.7 Å². The van der Waals surface area contributed by atoms with Crippen molar-refractivity contribution in [2.45, 2.75) is 32.1 Å². The van der Waals surface area contributed by atoms with Gasteiger partial charge in [0.2, 0.25) is 10.0 Å². The van der Waals surface area contributed by atoms with Crippen LogP contribution in [-0.2, 0) is 10.0 Å². The van der Waals surface area contributed by atoms with Gasteiger partial charge in [0.25, 0.3) is 5.69 Å². The molecule has 0 bridgehead atoms. The number of hydrogen-bond donors (Lipinski definition) is 1. The first-order valence-corrected chi connectivity index (χ1v) is 8.03. The molecule has 0 radical (unpaired) electrons. The fraction of sp³-hybridized carbons (Fsp3) is 0.538. The zero-order valence-corrected chi connectivity index (χ0v) is 13.1. The number of benzene rings is 1. The number of aryl methyl sites for hydroxylation is 1. The van der Waals surface area contributed by atoms with Crippen LogP contribution in [0.4, 0.5) is 11.4 Å². The van der Waals surface area contributed by atoms with Gasteiger partial charge in [0.15, 0.2) is 0 Å². The monoisotopic (exact) mass is 313 g/mol. The predicted molar refractivity (Wildman–Crippen MR) is 79.4 cm³/mol. The zero-order valence-electron chi connectivity index (χ0n) is 12.3. The van der Waals surface area contributed by atoms with Crippen molar-refractivity contribution >= 4 is 21.4 Å². The Labute approximate surface area is 123 Å². The van der Waals surface area contributed by atoms with E-state index in [2.05, 4.69) is 0 Å². The summed E-state index contributed by atoms with van der Waals surface area (Å²) in [6.45, 7) is 6.43. The molecule has 0 atom stereocenters. The number of sulfonamides is 1. The van der Waals surface area contributed by atoms with Gasteiger partial charge >= 0.3 is 0 Å². The molecule has 7 nitrogen and oxygen atoms in total. The molecule has 0 aromatic heterocycles. The van der Waals surface area contributed by atoms with Gasteiger partial charge < -0.3 is 5.73 Å². The second-order valence-corrected chi connectivity index (χ2v) is 8.09. The summed E-state index contributed by atoms with van der Waals surface area (Å²) in [4.78, 5) is 10.2. The number of rotatable bonds is 3. The lowest BCUT2D eigenvalue weighted by Gasteiger charge is -2.20. The van der Waals surface area contributed by atoms with Crippen LogP contribution in [0.1, 0.15) is 25.8 Å². The summed E-state index contributed by atoms with van der Waals surface area (Å²) in [5.74, 6) is 0. The Morgan fingerprint density at radius 3 is 2.48 bits per heavy atom. The van der Waals surface area contributed by atoms with Crippen LogP contribution < -0.4 is 5.73 Å². The molecule has 1 aliphatic heterocycles. The third kappa shape index (κ3) is 2.86. The van der Waals surface area contributed by atoms with Crippen molar-refractivity contribution in [1.82, 2.24) is 4.31 Å². The maximum Gasteiger partial charge on any atom is 0.293 e. The Morgan fingerprint density at radius 2 is 2.00 bits per heavy atom. The van der Waals surface area contributed by atoms with Crippen LogP contribution in [0.2, 0.25) is 0 Å². The van der Waals surface area contributed by atoms with Crippen molar-refractivity contribution in [3.8, 4) is 0 Å². The number of nitrogens with zero attached hydrogens (tertiary/aromatic N) is 2. The Kier molecular flexibility index (Phi) is 3.71. The number of nitro benzene ring substituents is 1. The van der Waals surface area contributed by atoms with E-state index in [4.69, 9.17) is 5.73 Å². The zero-order chi connectivity index (χ0) is 16.0. The highest BCUT2D eigenvalue weighted by Crippen LogP contribution is 2.35. The van der Waals surface area contributed by atoms with Gasteiger partial charge in [-0.3, -0.25) is 10.1 Å². The summed E-state index contributed by atoms with van der Waals surface area (Å²) >= 11 is 0. The second kappa shape index (κ2) is 4.96. The van der Waals surface area contributed by atoms with E-state index in [0.717, 1.165) is 12.5 Å². The van der Waals surface area contributed by atoms with Gasteiger partial charge in [-0.1, -0.05) is 13.8 Å². The van der Waals surface area contributed by atoms with Crippen LogP contribution in [0.3, 0.4) is 0 Å². The molecule has 0 spiro atoms. The molecule has 1 aromatic carbocycles. The molecular weight excluding hydrogens is 294 g/mol. The van der Waals surface area contributed by atoms with Crippen molar-refractivity contribution in [3.63, 3.8) is 0 Å². The third-order valence-electron chi connectivity index (χ3n) is 3.78. The Hall–Kier alpha value is -1.67. The molecular formula is C13H19N3O4S. The van der Waals surface area contributed by atoms with Crippen molar-refractivity contribution in [2.24, 2.45) is 5.41 Å². The molecule has 0 unspecified atom stereocenters. The van der Waals surface area contributed by atoms with Crippen molar-refractivity contribution in [2.75, 3.05) is 18.8 Å². The van der Waals surface area contributed by atoms with Crippen LogP contribution in [0.25, 0.3) is 0 Å². The Bertz CT molecular complexity index is 698. The van der Waals surface area contributed by atoms with E-state index in [0.29, 0.717) is 18.7 Å². The standard InChI is InChI=1S/C13H19N3O4S/c1-9-6-10(14)11(16(17)18)7-12(9)21(19,20)15-5-4-13(2,3)8-15/h6-7H,4-5,8,14H2,1-3H3. The smallest absolute Gasteiger partial charge is 0.293 e. The van der Waals surface area contributed by atoms with Crippen LogP contribution >= 0.6 is 0 Å². The minimum absolute atomic E-state index is 0.0294. The van der Waals surface area contributed by atoms with E-state index >= 15 is 0 Å². The van der Waals surface area contributed by atoms with Crippen LogP contribution in [0.15, 0.2) is 17.0 Å². The summed E-state index contributed by atoms with van der Waals surface area (Å²) in [6, 6.07) is 2.40. The molecule has 116 valence electrons. The van der Waals surface area contributed by atoms with E-state index in [1.54, 1.807) is 6.92 Å². The number of anilines is 1. The molecule has 1 aliphatic rings. The van der Waals surface area contributed by atoms with Crippen molar-refractivity contribution < 1.29 is 13.3 Å². The summed E-state index contributed by atoms with van der Waals surface area (Å²) in [5, 5.41) is 11.0. The van der Waals surface area contributed by atoms with E-state index < -0.39 is 14.9 Å². The van der Waals surface area contributed by atoms with E-state index in [1.807, 2.05) is 13.8 Å². The first kappa shape index (κ1) is 15.7. The first-order valence-electron chi connectivity index (χ1n) is 6.59. The maximum atomic E-state index is 12.7. The Morgan fingerprint density at radius 1 is 1.38 bits per heavy atom. The molecule has 0 aliphatic carbocycles. The normalized spacial score (nSPS) is 18.8. The average Bonchev–Trinajstić information content (AvgIpc) is 2.69. The number of hydrogen-bond acceptors (Lipinski definition) is 5. The molecule has 2 N–H and O–H groups in total. The van der Waals surface area contributed by atoms with Gasteiger partial charge in [-0.05, 0) is 30.4 Å². The molecule has 1 fully saturated rings. The summed E-state index contributed by atoms with van der Waals surface area (Å²) in [7, 11) is -3.74. The van der Waals surface area contributed by atoms with E-state index in [-0.39, 0.29) is 21.7 Å². The number of nitrogen functional groups attached to an aromatic ring is 1. The third-order valence-corrected chi connectivity index (χ3v) is 5.77. The largest absolute Gasteiger partial charge is 0.393 e. The van der Waals surface area contributed by atoms with Crippen molar-refractivity contribution in [1.29, 1.82) is 0 Å². The minimum atomic E-state index is -3.74. The lowest BCUT2D eigenvalue weighted by molar-refractivity contribution is -0.384. The molecule has 2 rings (SSSR count). The molecule has 8 heteroatoms. The Balaban J connectivity index is 2.51. The van der Waals surface area contributed by atoms with E-state index in [9.17, 15) is 18.5 Å². The van der Waals surface area contributed by atoms with Gasteiger partial charge in [-0.25, -0.2) is 8.42 Å². The molecule has 21 heavy (non-hydrogen) atoms. The predicted octanol–water partition coefficient (Wildman–Crippen LogP) is 1.91. The number of nitro groups is 1. The van der Waals surface area contributed by atoms with Gasteiger partial charge in [0.1, 0.15) is 5.69 Å². The molecule has 1 saturated heterocycles. The topological polar surface area (TPSA) is 107 Å². The fourth-order valence-corrected chi connectivity index (χ4v) is 4.40. The summed E-state index contributed by atoms with van der Waals surface area (Å²) < 4.78 is 26.8. The molecule has 0 amide bonds. The van der Waals surface area contributed by atoms with Gasteiger partial charge in [-0.15, -0.1) is 0 Å². The molecule has 0 saturated carbocycles. The molecule has 1 heterocycles. The highest BCUT2D eigenvalue weighted by atomic mass is 32.2. The summed E-state index contributed by atoms with van der Waals surface area (Å²) in [6.07, 6.45) is 0.766.